The van der Waals surface area contributed by atoms with Gasteiger partial charge in [-0.2, -0.15) is 0 Å². The molecule has 2 aromatic carbocycles. The third-order valence-corrected chi connectivity index (χ3v) is 4.67. The summed E-state index contributed by atoms with van der Waals surface area (Å²) in [4.78, 5) is 26.7. The maximum Gasteiger partial charge on any atom is 0.254 e. The van der Waals surface area contributed by atoms with Gasteiger partial charge in [0.2, 0.25) is 0 Å². The van der Waals surface area contributed by atoms with Gasteiger partial charge >= 0.3 is 0 Å². The van der Waals surface area contributed by atoms with Crippen LogP contribution >= 0.6 is 0 Å². The van der Waals surface area contributed by atoms with Crippen LogP contribution in [-0.4, -0.2) is 63.2 Å². The molecule has 0 spiro atoms. The minimum Gasteiger partial charge on any atom is -0.378 e. The van der Waals surface area contributed by atoms with E-state index in [2.05, 4.69) is 20.8 Å². The summed E-state index contributed by atoms with van der Waals surface area (Å²) in [6.45, 7) is 2.73. The molecule has 1 aliphatic heterocycles. The molecule has 0 radical (unpaired) electrons. The van der Waals surface area contributed by atoms with Gasteiger partial charge < -0.3 is 15.0 Å². The van der Waals surface area contributed by atoms with E-state index in [4.69, 9.17) is 4.74 Å². The molecule has 148 valence electrons. The summed E-state index contributed by atoms with van der Waals surface area (Å²) in [6.07, 6.45) is 1.47. The zero-order chi connectivity index (χ0) is 20.1. The first-order valence-corrected chi connectivity index (χ1v) is 9.28. The molecule has 2 heterocycles. The molecular formula is C20H20N6O3. The summed E-state index contributed by atoms with van der Waals surface area (Å²) in [6, 6.07) is 14.3. The van der Waals surface area contributed by atoms with Crippen molar-refractivity contribution in [3.63, 3.8) is 0 Å². The summed E-state index contributed by atoms with van der Waals surface area (Å²) in [5.74, 6) is -0.198. The standard InChI is InChI=1S/C20H20N6O3/c27-19(17-2-1-3-18(12-17)26-14-22-23-24-26)21-13-15-4-6-16(7-5-15)20(28)25-8-10-29-11-9-25/h1-7,12,14H,8-11,13H2,(H,21,27). The lowest BCUT2D eigenvalue weighted by molar-refractivity contribution is 0.0303. The van der Waals surface area contributed by atoms with E-state index in [1.54, 1.807) is 35.2 Å². The molecule has 3 aromatic rings. The summed E-state index contributed by atoms with van der Waals surface area (Å²) in [7, 11) is 0. The summed E-state index contributed by atoms with van der Waals surface area (Å²) >= 11 is 0. The number of amides is 2. The molecule has 9 heteroatoms. The van der Waals surface area contributed by atoms with E-state index >= 15 is 0 Å². The van der Waals surface area contributed by atoms with Gasteiger partial charge in [0.1, 0.15) is 6.33 Å². The van der Waals surface area contributed by atoms with Gasteiger partial charge in [0.15, 0.2) is 0 Å². The van der Waals surface area contributed by atoms with Gasteiger partial charge in [-0.25, -0.2) is 4.68 Å². The molecule has 4 rings (SSSR count). The molecule has 9 nitrogen and oxygen atoms in total. The Bertz CT molecular complexity index is 982. The lowest BCUT2D eigenvalue weighted by atomic mass is 10.1. The Morgan fingerprint density at radius 3 is 2.55 bits per heavy atom. The van der Waals surface area contributed by atoms with Crippen molar-refractivity contribution in [1.82, 2.24) is 30.4 Å². The van der Waals surface area contributed by atoms with Crippen molar-refractivity contribution >= 4 is 11.8 Å². The van der Waals surface area contributed by atoms with Crippen LogP contribution in [0.15, 0.2) is 54.9 Å². The van der Waals surface area contributed by atoms with Crippen LogP contribution in [0.5, 0.6) is 0 Å². The monoisotopic (exact) mass is 392 g/mol. The smallest absolute Gasteiger partial charge is 0.254 e. The molecule has 1 fully saturated rings. The Balaban J connectivity index is 1.36. The van der Waals surface area contributed by atoms with Crippen LogP contribution in [0.3, 0.4) is 0 Å². The highest BCUT2D eigenvalue weighted by Gasteiger charge is 2.18. The first-order chi connectivity index (χ1) is 14.2. The number of carbonyl (C=O) groups excluding carboxylic acids is 2. The van der Waals surface area contributed by atoms with E-state index < -0.39 is 0 Å². The number of carbonyl (C=O) groups is 2. The number of nitrogens with one attached hydrogen (secondary N) is 1. The predicted molar refractivity (Wildman–Crippen MR) is 103 cm³/mol. The van der Waals surface area contributed by atoms with Gasteiger partial charge in [-0.1, -0.05) is 18.2 Å². The number of hydrogen-bond donors (Lipinski definition) is 1. The molecule has 0 aliphatic carbocycles. The van der Waals surface area contributed by atoms with E-state index in [0.717, 1.165) is 5.56 Å². The second-order valence-electron chi connectivity index (χ2n) is 6.59. The molecule has 1 saturated heterocycles. The number of tetrazole rings is 1. The molecule has 0 unspecified atom stereocenters. The summed E-state index contributed by atoms with van der Waals surface area (Å²) in [5.41, 5.74) is 2.76. The molecule has 1 aliphatic rings. The van der Waals surface area contributed by atoms with Crippen LogP contribution in [-0.2, 0) is 11.3 Å². The Labute approximate surface area is 167 Å². The SMILES string of the molecule is O=C(NCc1ccc(C(=O)N2CCOCC2)cc1)c1cccc(-n2cnnn2)c1. The normalized spacial score (nSPS) is 13.9. The quantitative estimate of drug-likeness (QED) is 0.697. The third-order valence-electron chi connectivity index (χ3n) is 4.67. The molecule has 1 aromatic heterocycles. The Hall–Kier alpha value is -3.59. The van der Waals surface area contributed by atoms with E-state index in [0.29, 0.717) is 49.7 Å². The lowest BCUT2D eigenvalue weighted by Gasteiger charge is -2.26. The van der Waals surface area contributed by atoms with Gasteiger partial charge in [-0.3, -0.25) is 9.59 Å². The second-order valence-corrected chi connectivity index (χ2v) is 6.59. The van der Waals surface area contributed by atoms with Crippen LogP contribution in [0.4, 0.5) is 0 Å². The van der Waals surface area contributed by atoms with Crippen molar-refractivity contribution in [2.75, 3.05) is 26.3 Å². The largest absolute Gasteiger partial charge is 0.378 e. The maximum atomic E-state index is 12.5. The van der Waals surface area contributed by atoms with Crippen molar-refractivity contribution in [1.29, 1.82) is 0 Å². The third kappa shape index (κ3) is 4.46. The highest BCUT2D eigenvalue weighted by molar-refractivity contribution is 5.95. The average Bonchev–Trinajstić information content (AvgIpc) is 3.33. The van der Waals surface area contributed by atoms with E-state index in [9.17, 15) is 9.59 Å². The maximum absolute atomic E-state index is 12.5. The van der Waals surface area contributed by atoms with E-state index in [-0.39, 0.29) is 11.8 Å². The fraction of sp³-hybridized carbons (Fsp3) is 0.250. The minimum atomic E-state index is -0.201. The molecule has 2 amide bonds. The number of hydrogen-bond acceptors (Lipinski definition) is 6. The molecule has 0 atom stereocenters. The van der Waals surface area contributed by atoms with Crippen molar-refractivity contribution in [3.8, 4) is 5.69 Å². The Morgan fingerprint density at radius 2 is 1.83 bits per heavy atom. The van der Waals surface area contributed by atoms with Crippen LogP contribution in [0, 0.1) is 0 Å². The molecule has 1 N–H and O–H groups in total. The van der Waals surface area contributed by atoms with Crippen molar-refractivity contribution < 1.29 is 14.3 Å². The predicted octanol–water partition coefficient (Wildman–Crippen LogP) is 1.06. The van der Waals surface area contributed by atoms with Gasteiger partial charge in [0.05, 0.1) is 18.9 Å². The molecular weight excluding hydrogens is 372 g/mol. The van der Waals surface area contributed by atoms with Gasteiger partial charge in [0, 0.05) is 30.8 Å². The zero-order valence-electron chi connectivity index (χ0n) is 15.7. The van der Waals surface area contributed by atoms with Crippen LogP contribution < -0.4 is 5.32 Å². The zero-order valence-corrected chi connectivity index (χ0v) is 15.7. The first-order valence-electron chi connectivity index (χ1n) is 9.28. The van der Waals surface area contributed by atoms with Gasteiger partial charge in [-0.15, -0.1) is 5.10 Å². The molecule has 0 bridgehead atoms. The first kappa shape index (κ1) is 18.8. The number of morpholine rings is 1. The summed E-state index contributed by atoms with van der Waals surface area (Å²) < 4.78 is 6.77. The Kier molecular flexibility index (Phi) is 5.57. The van der Waals surface area contributed by atoms with Crippen LogP contribution in [0.2, 0.25) is 0 Å². The fourth-order valence-corrected chi connectivity index (χ4v) is 3.07. The van der Waals surface area contributed by atoms with Crippen molar-refractivity contribution in [3.05, 3.63) is 71.5 Å². The number of benzene rings is 2. The highest BCUT2D eigenvalue weighted by atomic mass is 16.5. The summed E-state index contributed by atoms with van der Waals surface area (Å²) in [5, 5.41) is 13.9. The lowest BCUT2D eigenvalue weighted by Crippen LogP contribution is -2.40. The number of aromatic nitrogens is 4. The molecule has 29 heavy (non-hydrogen) atoms. The van der Waals surface area contributed by atoms with E-state index in [1.807, 2.05) is 18.2 Å². The topological polar surface area (TPSA) is 102 Å². The Morgan fingerprint density at radius 1 is 1.03 bits per heavy atom. The van der Waals surface area contributed by atoms with Crippen molar-refractivity contribution in [2.24, 2.45) is 0 Å². The van der Waals surface area contributed by atoms with Crippen molar-refractivity contribution in [2.45, 2.75) is 6.54 Å². The number of nitrogens with zero attached hydrogens (tertiary/aromatic N) is 5. The van der Waals surface area contributed by atoms with Gasteiger partial charge in [0.25, 0.3) is 11.8 Å². The minimum absolute atomic E-state index is 0.00306. The number of ether oxygens (including phenoxy) is 1. The highest BCUT2D eigenvalue weighted by Crippen LogP contribution is 2.11. The average molecular weight is 392 g/mol. The molecule has 0 saturated carbocycles. The van der Waals surface area contributed by atoms with Gasteiger partial charge in [-0.05, 0) is 46.3 Å². The van der Waals surface area contributed by atoms with E-state index in [1.165, 1.54) is 11.0 Å². The second kappa shape index (κ2) is 8.61. The number of rotatable bonds is 5. The van der Waals surface area contributed by atoms with Crippen LogP contribution in [0.25, 0.3) is 5.69 Å². The van der Waals surface area contributed by atoms with Crippen LogP contribution in [0.1, 0.15) is 26.3 Å². The fourth-order valence-electron chi connectivity index (χ4n) is 3.07.